The van der Waals surface area contributed by atoms with Gasteiger partial charge in [0.05, 0.1) is 0 Å². The zero-order valence-electron chi connectivity index (χ0n) is 7.70. The summed E-state index contributed by atoms with van der Waals surface area (Å²) in [7, 11) is -5.74. The van der Waals surface area contributed by atoms with E-state index < -0.39 is 16.5 Å². The van der Waals surface area contributed by atoms with Gasteiger partial charge < -0.3 is 10.2 Å². The molecular weight excluding hydrogens is 262 g/mol. The van der Waals surface area contributed by atoms with Gasteiger partial charge in [0.15, 0.2) is 0 Å². The lowest BCUT2D eigenvalue weighted by atomic mass is 10.3. The van der Waals surface area contributed by atoms with Crippen molar-refractivity contribution in [2.24, 2.45) is 0 Å². The Balaban J connectivity index is 0. The van der Waals surface area contributed by atoms with Crippen LogP contribution in [0.1, 0.15) is 0 Å². The van der Waals surface area contributed by atoms with Crippen molar-refractivity contribution >= 4 is 16.5 Å². The summed E-state index contributed by atoms with van der Waals surface area (Å²) in [5.74, 6) is 0.176. The number of phenolic OH excluding ortho intramolecular Hbond substituents is 2. The summed E-state index contributed by atoms with van der Waals surface area (Å²) in [4.78, 5) is 28.5. The Morgan fingerprint density at radius 1 is 0.812 bits per heavy atom. The molecule has 1 aromatic carbocycles. The predicted octanol–water partition coefficient (Wildman–Crippen LogP) is 0.355. The monoisotopic (exact) mass is 272 g/mol. The summed E-state index contributed by atoms with van der Waals surface area (Å²) in [6, 6.07) is 5.85. The highest BCUT2D eigenvalue weighted by Crippen LogP contribution is 2.14. The van der Waals surface area contributed by atoms with Gasteiger partial charge in [-0.25, -0.2) is 0 Å². The average Bonchev–Trinajstić information content (AvgIpc) is 2.00. The van der Waals surface area contributed by atoms with Crippen LogP contribution in [0.4, 0.5) is 0 Å². The summed E-state index contributed by atoms with van der Waals surface area (Å²) >= 11 is 0. The minimum atomic E-state index is -2.87. The van der Waals surface area contributed by atoms with Crippen LogP contribution in [0.5, 0.6) is 11.5 Å². The summed E-state index contributed by atoms with van der Waals surface area (Å²) in [6.45, 7) is 0. The van der Waals surface area contributed by atoms with E-state index >= 15 is 0 Å². The first-order valence-electron chi connectivity index (χ1n) is 3.43. The first-order valence-corrected chi connectivity index (χ1v) is 5.76. The number of aromatic hydroxyl groups is 2. The maximum absolute atomic E-state index is 8.70. The molecule has 0 aliphatic rings. The third-order valence-corrected chi connectivity index (χ3v) is 0.830. The zero-order chi connectivity index (χ0) is 13.1. The van der Waals surface area contributed by atoms with Gasteiger partial charge in [-0.2, -0.15) is 0 Å². The molecule has 0 fully saturated rings. The van der Waals surface area contributed by atoms with E-state index in [0.717, 1.165) is 0 Å². The first kappa shape index (κ1) is 17.3. The fraction of sp³-hybridized carbons (Fsp3) is 0. The molecule has 0 unspecified atom stereocenters. The van der Waals surface area contributed by atoms with E-state index in [2.05, 4.69) is 0 Å². The minimum Gasteiger partial charge on any atom is -0.508 e. The van der Waals surface area contributed by atoms with Crippen LogP contribution in [0, 0.1) is 0 Å². The molecule has 0 saturated heterocycles. The minimum absolute atomic E-state index is 0.0880. The van der Waals surface area contributed by atoms with Crippen molar-refractivity contribution in [3.63, 3.8) is 0 Å². The molecule has 0 bridgehead atoms. The van der Waals surface area contributed by atoms with Crippen molar-refractivity contribution in [1.82, 2.24) is 0 Å². The normalized spacial score (nSPS) is 7.75. The van der Waals surface area contributed by atoms with Crippen LogP contribution in [0.3, 0.4) is 0 Å². The highest BCUT2D eigenvalue weighted by Gasteiger charge is 1.93. The largest absolute Gasteiger partial charge is 0.692 e. The third kappa shape index (κ3) is 23.0. The first-order chi connectivity index (χ1) is 7.25. The van der Waals surface area contributed by atoms with Crippen molar-refractivity contribution in [3.05, 3.63) is 24.3 Å². The number of hydrogen-bond acceptors (Lipinski definition) is 4. The molecule has 0 amide bonds. The molecule has 8 nitrogen and oxygen atoms in total. The second-order valence-corrected chi connectivity index (χ2v) is 3.04. The number of benzene rings is 1. The van der Waals surface area contributed by atoms with E-state index in [1.807, 2.05) is 0 Å². The molecule has 90 valence electrons. The zero-order valence-corrected chi connectivity index (χ0v) is 9.49. The van der Waals surface area contributed by atoms with Gasteiger partial charge in [-0.05, 0) is 12.1 Å². The van der Waals surface area contributed by atoms with Gasteiger partial charge in [0, 0.05) is 15.2 Å². The summed E-state index contributed by atoms with van der Waals surface area (Å²) in [5, 5.41) is 17.3. The summed E-state index contributed by atoms with van der Waals surface area (Å²) in [5.41, 5.74) is 0. The molecule has 10 heteroatoms. The van der Waals surface area contributed by atoms with Gasteiger partial charge >= 0.3 is 16.5 Å². The van der Waals surface area contributed by atoms with Crippen molar-refractivity contribution in [1.29, 1.82) is 0 Å². The topological polar surface area (TPSA) is 156 Å². The molecule has 0 radical (unpaired) electrons. The Morgan fingerprint density at radius 3 is 1.19 bits per heavy atom. The molecule has 0 aliphatic carbocycles. The number of phenols is 2. The Kier molecular flexibility index (Phi) is 11.2. The highest BCUT2D eigenvalue weighted by atomic mass is 31.1. The molecule has 0 atom stereocenters. The van der Waals surface area contributed by atoms with E-state index in [1.165, 1.54) is 18.2 Å². The van der Waals surface area contributed by atoms with Crippen LogP contribution in [0.25, 0.3) is 0 Å². The van der Waals surface area contributed by atoms with E-state index in [0.29, 0.717) is 0 Å². The Morgan fingerprint density at radius 2 is 1.06 bits per heavy atom. The molecule has 0 spiro atoms. The van der Waals surface area contributed by atoms with Gasteiger partial charge in [-0.15, -0.1) is 19.6 Å². The SMILES string of the molecule is O=[P+](O)O.O=[P+](O)O.Oc1cccc(O)c1. The van der Waals surface area contributed by atoms with Crippen LogP contribution in [0.2, 0.25) is 0 Å². The van der Waals surface area contributed by atoms with Crippen molar-refractivity contribution in [2.75, 3.05) is 0 Å². The number of hydrogen-bond donors (Lipinski definition) is 6. The molecule has 0 aliphatic heterocycles. The predicted molar refractivity (Wildman–Crippen MR) is 53.9 cm³/mol. The smallest absolute Gasteiger partial charge is 0.508 e. The molecule has 1 rings (SSSR count). The Bertz CT molecular complexity index is 304. The van der Waals surface area contributed by atoms with Crippen molar-refractivity contribution in [3.8, 4) is 11.5 Å². The quantitative estimate of drug-likeness (QED) is 0.369. The summed E-state index contributed by atoms with van der Waals surface area (Å²) in [6.07, 6.45) is 0. The molecule has 0 aromatic heterocycles. The molecule has 6 N–H and O–H groups in total. The van der Waals surface area contributed by atoms with E-state index in [-0.39, 0.29) is 11.5 Å². The number of rotatable bonds is 0. The fourth-order valence-corrected chi connectivity index (χ4v) is 0.493. The van der Waals surface area contributed by atoms with Gasteiger partial charge in [-0.1, -0.05) is 6.07 Å². The van der Waals surface area contributed by atoms with Crippen LogP contribution in [0.15, 0.2) is 24.3 Å². The lowest BCUT2D eigenvalue weighted by molar-refractivity contribution is 0.403. The lowest BCUT2D eigenvalue weighted by Crippen LogP contribution is -1.61. The Hall–Kier alpha value is -1.14. The van der Waals surface area contributed by atoms with Gasteiger partial charge in [0.2, 0.25) is 0 Å². The van der Waals surface area contributed by atoms with Gasteiger partial charge in [0.25, 0.3) is 0 Å². The van der Waals surface area contributed by atoms with Gasteiger partial charge in [0.1, 0.15) is 11.5 Å². The fourth-order valence-electron chi connectivity index (χ4n) is 0.493. The molecule has 1 aromatic rings. The second kappa shape index (κ2) is 10.4. The Labute approximate surface area is 92.0 Å². The maximum Gasteiger partial charge on any atom is 0.692 e. The maximum atomic E-state index is 8.70. The van der Waals surface area contributed by atoms with Crippen molar-refractivity contribution < 1.29 is 38.9 Å². The van der Waals surface area contributed by atoms with Crippen LogP contribution in [-0.4, -0.2) is 29.8 Å². The highest BCUT2D eigenvalue weighted by molar-refractivity contribution is 7.31. The lowest BCUT2D eigenvalue weighted by Gasteiger charge is -1.89. The van der Waals surface area contributed by atoms with E-state index in [9.17, 15) is 0 Å². The van der Waals surface area contributed by atoms with Crippen molar-refractivity contribution in [2.45, 2.75) is 0 Å². The second-order valence-electron chi connectivity index (χ2n) is 2.03. The molecule has 0 heterocycles. The van der Waals surface area contributed by atoms with E-state index in [4.69, 9.17) is 38.9 Å². The molecule has 0 saturated carbocycles. The molecular formula is C6H10O8P2+2. The molecule has 16 heavy (non-hydrogen) atoms. The van der Waals surface area contributed by atoms with Crippen LogP contribution < -0.4 is 0 Å². The summed E-state index contributed by atoms with van der Waals surface area (Å²) < 4.78 is 17.4. The van der Waals surface area contributed by atoms with Crippen LogP contribution in [-0.2, 0) is 9.13 Å². The standard InChI is InChI=1S/C6H6O2.2HO3P/c7-5-2-1-3-6(8)4-5;2*1-4(2)3/h1-4,7-8H;2*(H-,1,2,3)/p+2. The van der Waals surface area contributed by atoms with E-state index in [1.54, 1.807) is 6.07 Å². The average molecular weight is 272 g/mol. The van der Waals surface area contributed by atoms with Gasteiger partial charge in [-0.3, -0.25) is 0 Å². The van der Waals surface area contributed by atoms with Crippen LogP contribution >= 0.6 is 16.5 Å². The third-order valence-electron chi connectivity index (χ3n) is 0.830.